The molecule has 0 bridgehead atoms. The Labute approximate surface area is 111 Å². The molecule has 19 heavy (non-hydrogen) atoms. The Kier molecular flexibility index (Phi) is 2.93. The molecular weight excluding hydrogens is 242 g/mol. The predicted molar refractivity (Wildman–Crippen MR) is 72.8 cm³/mol. The largest absolute Gasteiger partial charge is 0.466 e. The highest BCUT2D eigenvalue weighted by Crippen LogP contribution is 2.35. The molecule has 3 rings (SSSR count). The van der Waals surface area contributed by atoms with Crippen molar-refractivity contribution in [2.75, 3.05) is 12.3 Å². The SMILES string of the molecule is CCOC(=O)C1CCc2c(oc3cc(N)ccc23)C1. The fraction of sp³-hybridized carbons (Fsp3) is 0.400. The van der Waals surface area contributed by atoms with Gasteiger partial charge in [0.15, 0.2) is 0 Å². The summed E-state index contributed by atoms with van der Waals surface area (Å²) in [6.07, 6.45) is 2.31. The Bertz CT molecular complexity index is 630. The van der Waals surface area contributed by atoms with E-state index in [2.05, 4.69) is 0 Å². The molecule has 0 radical (unpaired) electrons. The Hall–Kier alpha value is -1.97. The Morgan fingerprint density at radius 3 is 3.16 bits per heavy atom. The van der Waals surface area contributed by atoms with Gasteiger partial charge in [0, 0.05) is 29.1 Å². The van der Waals surface area contributed by atoms with Gasteiger partial charge in [0.05, 0.1) is 12.5 Å². The number of aryl methyl sites for hydroxylation is 1. The fourth-order valence-electron chi connectivity index (χ4n) is 2.76. The Morgan fingerprint density at radius 1 is 1.53 bits per heavy atom. The number of ether oxygens (including phenoxy) is 1. The first kappa shape index (κ1) is 12.1. The molecule has 4 heteroatoms. The van der Waals surface area contributed by atoms with Crippen molar-refractivity contribution in [3.63, 3.8) is 0 Å². The standard InChI is InChI=1S/C15H17NO3/c1-2-18-15(17)9-3-5-11-12-6-4-10(16)8-14(12)19-13(11)7-9/h4,6,8-9H,2-3,5,7,16H2,1H3. The van der Waals surface area contributed by atoms with Gasteiger partial charge in [0.25, 0.3) is 0 Å². The maximum atomic E-state index is 11.8. The summed E-state index contributed by atoms with van der Waals surface area (Å²) < 4.78 is 10.9. The van der Waals surface area contributed by atoms with E-state index in [4.69, 9.17) is 14.9 Å². The van der Waals surface area contributed by atoms with Crippen molar-refractivity contribution < 1.29 is 13.9 Å². The normalized spacial score (nSPS) is 18.3. The molecule has 1 aromatic carbocycles. The van der Waals surface area contributed by atoms with E-state index in [1.807, 2.05) is 25.1 Å². The van der Waals surface area contributed by atoms with E-state index in [1.54, 1.807) is 0 Å². The topological polar surface area (TPSA) is 65.5 Å². The minimum atomic E-state index is -0.117. The fourth-order valence-corrected chi connectivity index (χ4v) is 2.76. The van der Waals surface area contributed by atoms with Crippen LogP contribution in [-0.2, 0) is 22.4 Å². The minimum Gasteiger partial charge on any atom is -0.466 e. The second kappa shape index (κ2) is 4.61. The summed E-state index contributed by atoms with van der Waals surface area (Å²) in [6, 6.07) is 5.72. The van der Waals surface area contributed by atoms with Crippen LogP contribution < -0.4 is 5.73 Å². The van der Waals surface area contributed by atoms with Crippen LogP contribution in [0.1, 0.15) is 24.7 Å². The highest BCUT2D eigenvalue weighted by molar-refractivity contribution is 5.85. The average Bonchev–Trinajstić information content (AvgIpc) is 2.75. The molecule has 1 aliphatic carbocycles. The van der Waals surface area contributed by atoms with Gasteiger partial charge in [-0.05, 0) is 31.9 Å². The van der Waals surface area contributed by atoms with Crippen molar-refractivity contribution in [1.82, 2.24) is 0 Å². The van der Waals surface area contributed by atoms with Gasteiger partial charge in [0.1, 0.15) is 11.3 Å². The number of anilines is 1. The van der Waals surface area contributed by atoms with Crippen molar-refractivity contribution in [3.05, 3.63) is 29.5 Å². The number of rotatable bonds is 2. The highest BCUT2D eigenvalue weighted by Gasteiger charge is 2.29. The maximum absolute atomic E-state index is 11.8. The first-order valence-electron chi connectivity index (χ1n) is 6.65. The molecule has 0 aliphatic heterocycles. The number of nitrogen functional groups attached to an aromatic ring is 1. The maximum Gasteiger partial charge on any atom is 0.309 e. The van der Waals surface area contributed by atoms with E-state index in [-0.39, 0.29) is 11.9 Å². The number of carbonyl (C=O) groups excluding carboxylic acids is 1. The van der Waals surface area contributed by atoms with E-state index in [0.717, 1.165) is 29.6 Å². The molecule has 1 aliphatic rings. The zero-order valence-electron chi connectivity index (χ0n) is 10.9. The number of benzene rings is 1. The Balaban J connectivity index is 1.93. The van der Waals surface area contributed by atoms with Crippen LogP contribution in [0.3, 0.4) is 0 Å². The molecule has 1 unspecified atom stereocenters. The molecule has 4 nitrogen and oxygen atoms in total. The van der Waals surface area contributed by atoms with Gasteiger partial charge < -0.3 is 14.9 Å². The summed E-state index contributed by atoms with van der Waals surface area (Å²) in [5.41, 5.74) is 8.49. The van der Waals surface area contributed by atoms with Gasteiger partial charge in [-0.15, -0.1) is 0 Å². The number of fused-ring (bicyclic) bond motifs is 3. The molecule has 0 amide bonds. The van der Waals surface area contributed by atoms with E-state index in [1.165, 1.54) is 5.56 Å². The summed E-state index contributed by atoms with van der Waals surface area (Å²) in [6.45, 7) is 2.26. The molecule has 1 aromatic heterocycles. The summed E-state index contributed by atoms with van der Waals surface area (Å²) >= 11 is 0. The summed E-state index contributed by atoms with van der Waals surface area (Å²) in [5, 5.41) is 1.12. The molecule has 0 spiro atoms. The lowest BCUT2D eigenvalue weighted by molar-refractivity contribution is -0.148. The van der Waals surface area contributed by atoms with Crippen molar-refractivity contribution in [2.45, 2.75) is 26.2 Å². The smallest absolute Gasteiger partial charge is 0.309 e. The van der Waals surface area contributed by atoms with Crippen LogP contribution in [0.4, 0.5) is 5.69 Å². The van der Waals surface area contributed by atoms with E-state index >= 15 is 0 Å². The lowest BCUT2D eigenvalue weighted by Crippen LogP contribution is -2.24. The molecular formula is C15H17NO3. The van der Waals surface area contributed by atoms with Gasteiger partial charge in [0.2, 0.25) is 0 Å². The second-order valence-electron chi connectivity index (χ2n) is 4.95. The van der Waals surface area contributed by atoms with Gasteiger partial charge in [-0.25, -0.2) is 0 Å². The first-order valence-corrected chi connectivity index (χ1v) is 6.65. The third-order valence-corrected chi connectivity index (χ3v) is 3.70. The molecule has 2 N–H and O–H groups in total. The lowest BCUT2D eigenvalue weighted by Gasteiger charge is -2.19. The second-order valence-corrected chi connectivity index (χ2v) is 4.95. The van der Waals surface area contributed by atoms with Gasteiger partial charge in [-0.3, -0.25) is 4.79 Å². The number of hydrogen-bond acceptors (Lipinski definition) is 4. The average molecular weight is 259 g/mol. The van der Waals surface area contributed by atoms with Crippen LogP contribution in [0, 0.1) is 5.92 Å². The van der Waals surface area contributed by atoms with Crippen LogP contribution in [0.25, 0.3) is 11.0 Å². The zero-order chi connectivity index (χ0) is 13.4. The van der Waals surface area contributed by atoms with Gasteiger partial charge in [-0.1, -0.05) is 0 Å². The third-order valence-electron chi connectivity index (χ3n) is 3.70. The third kappa shape index (κ3) is 2.07. The number of esters is 1. The van der Waals surface area contributed by atoms with Crippen LogP contribution >= 0.6 is 0 Å². The van der Waals surface area contributed by atoms with E-state index < -0.39 is 0 Å². The molecule has 2 aromatic rings. The molecule has 1 heterocycles. The number of nitrogens with two attached hydrogens (primary N) is 1. The number of carbonyl (C=O) groups is 1. The molecule has 0 saturated carbocycles. The monoisotopic (exact) mass is 259 g/mol. The first-order chi connectivity index (χ1) is 9.19. The highest BCUT2D eigenvalue weighted by atomic mass is 16.5. The predicted octanol–water partition coefficient (Wildman–Crippen LogP) is 2.68. The van der Waals surface area contributed by atoms with Crippen molar-refractivity contribution in [3.8, 4) is 0 Å². The van der Waals surface area contributed by atoms with Crippen molar-refractivity contribution >= 4 is 22.6 Å². The summed E-state index contributed by atoms with van der Waals surface area (Å²) in [5.74, 6) is 0.711. The van der Waals surface area contributed by atoms with Crippen LogP contribution in [0.2, 0.25) is 0 Å². The molecule has 0 saturated heterocycles. The molecule has 0 fully saturated rings. The number of furan rings is 1. The van der Waals surface area contributed by atoms with Crippen molar-refractivity contribution in [1.29, 1.82) is 0 Å². The summed E-state index contributed by atoms with van der Waals surface area (Å²) in [7, 11) is 0. The quantitative estimate of drug-likeness (QED) is 0.665. The Morgan fingerprint density at radius 2 is 2.37 bits per heavy atom. The van der Waals surface area contributed by atoms with Crippen LogP contribution in [-0.4, -0.2) is 12.6 Å². The molecule has 1 atom stereocenters. The number of hydrogen-bond donors (Lipinski definition) is 1. The lowest BCUT2D eigenvalue weighted by atomic mass is 9.87. The van der Waals surface area contributed by atoms with Crippen molar-refractivity contribution in [2.24, 2.45) is 5.92 Å². The summed E-state index contributed by atoms with van der Waals surface area (Å²) in [4.78, 5) is 11.8. The molecule has 100 valence electrons. The van der Waals surface area contributed by atoms with E-state index in [0.29, 0.717) is 18.7 Å². The van der Waals surface area contributed by atoms with E-state index in [9.17, 15) is 4.79 Å². The van der Waals surface area contributed by atoms with Crippen LogP contribution in [0.15, 0.2) is 22.6 Å². The van der Waals surface area contributed by atoms with Crippen LogP contribution in [0.5, 0.6) is 0 Å². The zero-order valence-corrected chi connectivity index (χ0v) is 10.9. The van der Waals surface area contributed by atoms with Gasteiger partial charge >= 0.3 is 5.97 Å². The minimum absolute atomic E-state index is 0.0784. The van der Waals surface area contributed by atoms with Gasteiger partial charge in [-0.2, -0.15) is 0 Å².